The molecule has 1 saturated heterocycles. The van der Waals surface area contributed by atoms with Gasteiger partial charge in [0.1, 0.15) is 6.10 Å². The van der Waals surface area contributed by atoms with E-state index in [9.17, 15) is 4.79 Å². The van der Waals surface area contributed by atoms with Gasteiger partial charge in [0.2, 0.25) is 0 Å². The molecule has 0 radical (unpaired) electrons. The third-order valence-corrected chi connectivity index (χ3v) is 4.97. The van der Waals surface area contributed by atoms with Crippen LogP contribution in [0, 0.1) is 20.8 Å². The molecule has 7 heteroatoms. The number of aryl methyl sites for hydroxylation is 3. The Morgan fingerprint density at radius 2 is 2.18 bits per heavy atom. The molecule has 0 saturated carbocycles. The highest BCUT2D eigenvalue weighted by Gasteiger charge is 2.35. The predicted octanol–water partition coefficient (Wildman–Crippen LogP) is 2.06. The minimum Gasteiger partial charge on any atom is -0.371 e. The second kappa shape index (κ2) is 5.81. The van der Waals surface area contributed by atoms with Crippen LogP contribution >= 0.6 is 11.5 Å². The second-order valence-corrected chi connectivity index (χ2v) is 6.31. The maximum absolute atomic E-state index is 12.4. The van der Waals surface area contributed by atoms with Gasteiger partial charge in [0, 0.05) is 30.3 Å². The van der Waals surface area contributed by atoms with Crippen molar-refractivity contribution in [2.45, 2.75) is 39.3 Å². The minimum absolute atomic E-state index is 0.0339. The molecule has 0 spiro atoms. The molecule has 0 aliphatic carbocycles. The van der Waals surface area contributed by atoms with Crippen LogP contribution in [0.3, 0.4) is 0 Å². The number of carbonyl (C=O) groups excluding carboxylic acids is 1. The fraction of sp³-hybridized carbons (Fsp3) is 0.533. The molecule has 1 N–H and O–H groups in total. The molecule has 2 aromatic heterocycles. The summed E-state index contributed by atoms with van der Waals surface area (Å²) >= 11 is 1.30. The summed E-state index contributed by atoms with van der Waals surface area (Å²) in [5.41, 5.74) is 4.55. The van der Waals surface area contributed by atoms with E-state index in [1.54, 1.807) is 5.38 Å². The van der Waals surface area contributed by atoms with Crippen molar-refractivity contribution < 1.29 is 9.53 Å². The van der Waals surface area contributed by atoms with Gasteiger partial charge >= 0.3 is 0 Å². The number of carbonyl (C=O) groups is 1. The second-order valence-electron chi connectivity index (χ2n) is 5.68. The number of hydrogen-bond acceptors (Lipinski definition) is 5. The zero-order chi connectivity index (χ0) is 15.9. The van der Waals surface area contributed by atoms with Gasteiger partial charge in [0.05, 0.1) is 23.0 Å². The molecule has 3 heterocycles. The Morgan fingerprint density at radius 3 is 2.77 bits per heavy atom. The van der Waals surface area contributed by atoms with Gasteiger partial charge in [-0.25, -0.2) is 0 Å². The maximum Gasteiger partial charge on any atom is 0.254 e. The van der Waals surface area contributed by atoms with Crippen molar-refractivity contribution in [2.24, 2.45) is 7.05 Å². The summed E-state index contributed by atoms with van der Waals surface area (Å²) in [5.74, 6) is -0.0778. The Morgan fingerprint density at radius 1 is 1.41 bits per heavy atom. The molecule has 118 valence electrons. The number of nitrogens with one attached hydrogen (secondary N) is 1. The molecule has 22 heavy (non-hydrogen) atoms. The first-order valence-electron chi connectivity index (χ1n) is 7.32. The quantitative estimate of drug-likeness (QED) is 0.940. The Bertz CT molecular complexity index is 706. The molecule has 0 unspecified atom stereocenters. The van der Waals surface area contributed by atoms with Crippen LogP contribution in [0.4, 0.5) is 0 Å². The predicted molar refractivity (Wildman–Crippen MR) is 84.1 cm³/mol. The van der Waals surface area contributed by atoms with Gasteiger partial charge in [-0.3, -0.25) is 9.48 Å². The molecule has 1 aliphatic heterocycles. The van der Waals surface area contributed by atoms with E-state index in [-0.39, 0.29) is 18.1 Å². The molecule has 0 bridgehead atoms. The highest BCUT2D eigenvalue weighted by molar-refractivity contribution is 7.03. The average molecular weight is 320 g/mol. The number of ether oxygens (including phenoxy) is 1. The normalized spacial score (nSPS) is 21.3. The van der Waals surface area contributed by atoms with Crippen molar-refractivity contribution in [3.05, 3.63) is 33.6 Å². The molecule has 2 aromatic rings. The summed E-state index contributed by atoms with van der Waals surface area (Å²) in [6.45, 7) is 6.51. The van der Waals surface area contributed by atoms with Crippen molar-refractivity contribution in [3.8, 4) is 0 Å². The fourth-order valence-electron chi connectivity index (χ4n) is 2.98. The van der Waals surface area contributed by atoms with Crippen LogP contribution in [-0.2, 0) is 11.8 Å². The fourth-order valence-corrected chi connectivity index (χ4v) is 3.67. The maximum atomic E-state index is 12.4. The summed E-state index contributed by atoms with van der Waals surface area (Å²) in [6.07, 6.45) is 0.672. The summed E-state index contributed by atoms with van der Waals surface area (Å²) in [7, 11) is 1.93. The zero-order valence-corrected chi connectivity index (χ0v) is 14.0. The Balaban J connectivity index is 1.82. The van der Waals surface area contributed by atoms with Crippen molar-refractivity contribution in [1.29, 1.82) is 0 Å². The Kier molecular flexibility index (Phi) is 4.01. The van der Waals surface area contributed by atoms with E-state index in [1.165, 1.54) is 11.5 Å². The van der Waals surface area contributed by atoms with Gasteiger partial charge in [-0.05, 0) is 38.7 Å². The minimum atomic E-state index is -0.135. The van der Waals surface area contributed by atoms with E-state index >= 15 is 0 Å². The molecule has 1 amide bonds. The van der Waals surface area contributed by atoms with E-state index in [1.807, 2.05) is 32.5 Å². The van der Waals surface area contributed by atoms with Crippen LogP contribution in [0.5, 0.6) is 0 Å². The van der Waals surface area contributed by atoms with Crippen LogP contribution in [0.15, 0.2) is 5.38 Å². The zero-order valence-electron chi connectivity index (χ0n) is 13.2. The van der Waals surface area contributed by atoms with E-state index in [0.29, 0.717) is 12.2 Å². The van der Waals surface area contributed by atoms with Crippen LogP contribution in [0.2, 0.25) is 0 Å². The number of amides is 1. The molecule has 2 atom stereocenters. The molecular formula is C15H20N4O2S. The van der Waals surface area contributed by atoms with E-state index in [2.05, 4.69) is 14.8 Å². The van der Waals surface area contributed by atoms with Crippen LogP contribution in [0.1, 0.15) is 45.5 Å². The van der Waals surface area contributed by atoms with Gasteiger partial charge in [0.25, 0.3) is 5.91 Å². The Labute approximate surface area is 133 Å². The van der Waals surface area contributed by atoms with Gasteiger partial charge < -0.3 is 10.1 Å². The molecule has 0 aromatic carbocycles. The van der Waals surface area contributed by atoms with Crippen LogP contribution in [0.25, 0.3) is 0 Å². The van der Waals surface area contributed by atoms with Gasteiger partial charge in [0.15, 0.2) is 0 Å². The van der Waals surface area contributed by atoms with Crippen molar-refractivity contribution in [2.75, 3.05) is 6.61 Å². The Hall–Kier alpha value is -1.73. The van der Waals surface area contributed by atoms with Crippen LogP contribution < -0.4 is 5.32 Å². The third-order valence-electron chi connectivity index (χ3n) is 4.25. The van der Waals surface area contributed by atoms with Crippen molar-refractivity contribution in [1.82, 2.24) is 19.5 Å². The van der Waals surface area contributed by atoms with Gasteiger partial charge in [-0.15, -0.1) is 0 Å². The van der Waals surface area contributed by atoms with Crippen molar-refractivity contribution in [3.63, 3.8) is 0 Å². The first kappa shape index (κ1) is 15.2. The smallest absolute Gasteiger partial charge is 0.254 e. The van der Waals surface area contributed by atoms with Crippen LogP contribution in [-0.4, -0.2) is 32.7 Å². The lowest BCUT2D eigenvalue weighted by Gasteiger charge is -2.20. The summed E-state index contributed by atoms with van der Waals surface area (Å²) in [6, 6.07) is -0.0339. The van der Waals surface area contributed by atoms with Gasteiger partial charge in [-0.1, -0.05) is 0 Å². The highest BCUT2D eigenvalue weighted by Crippen LogP contribution is 2.33. The molecule has 1 aliphatic rings. The lowest BCUT2D eigenvalue weighted by atomic mass is 10.00. The molecular weight excluding hydrogens is 300 g/mol. The molecule has 6 nitrogen and oxygen atoms in total. The topological polar surface area (TPSA) is 69.0 Å². The number of rotatable bonds is 3. The van der Waals surface area contributed by atoms with E-state index in [0.717, 1.165) is 29.1 Å². The first-order chi connectivity index (χ1) is 10.5. The number of hydrogen-bond donors (Lipinski definition) is 1. The first-order valence-corrected chi connectivity index (χ1v) is 8.16. The lowest BCUT2D eigenvalue weighted by molar-refractivity contribution is 0.0817. The standard InChI is InChI=1S/C15H20N4O2S/c1-8-11(7-22-18-8)15(20)16-12-5-6-21-14(12)13-9(2)17-19(4)10(13)3/h7,12,14H,5-6H2,1-4H3,(H,16,20)/t12-,14-/m0/s1. The molecule has 1 fully saturated rings. The number of aromatic nitrogens is 3. The molecule has 3 rings (SSSR count). The lowest BCUT2D eigenvalue weighted by Crippen LogP contribution is -2.37. The largest absolute Gasteiger partial charge is 0.371 e. The van der Waals surface area contributed by atoms with Crippen molar-refractivity contribution >= 4 is 17.4 Å². The van der Waals surface area contributed by atoms with E-state index in [4.69, 9.17) is 4.74 Å². The van der Waals surface area contributed by atoms with E-state index < -0.39 is 0 Å². The SMILES string of the molecule is Cc1nscc1C(=O)N[C@H]1CCO[C@@H]1c1c(C)nn(C)c1C. The highest BCUT2D eigenvalue weighted by atomic mass is 32.1. The third kappa shape index (κ3) is 2.55. The summed E-state index contributed by atoms with van der Waals surface area (Å²) in [4.78, 5) is 12.4. The number of nitrogens with zero attached hydrogens (tertiary/aromatic N) is 3. The summed E-state index contributed by atoms with van der Waals surface area (Å²) < 4.78 is 11.9. The average Bonchev–Trinajstić information content (AvgIpc) is 3.13. The monoisotopic (exact) mass is 320 g/mol. The van der Waals surface area contributed by atoms with Gasteiger partial charge in [-0.2, -0.15) is 9.47 Å². The summed E-state index contributed by atoms with van der Waals surface area (Å²) in [5, 5.41) is 9.34.